The van der Waals surface area contributed by atoms with E-state index in [-0.39, 0.29) is 6.10 Å². The van der Waals surface area contributed by atoms with E-state index >= 15 is 0 Å². The summed E-state index contributed by atoms with van der Waals surface area (Å²) in [6.07, 6.45) is 0.677. The molecule has 2 atom stereocenters. The van der Waals surface area contributed by atoms with Gasteiger partial charge in [-0.1, -0.05) is 0 Å². The minimum Gasteiger partial charge on any atom is -0.481 e. The fourth-order valence-electron chi connectivity index (χ4n) is 2.03. The van der Waals surface area contributed by atoms with Crippen molar-refractivity contribution in [1.82, 2.24) is 4.90 Å². The van der Waals surface area contributed by atoms with Crippen LogP contribution < -0.4 is 0 Å². The molecule has 0 aliphatic carbocycles. The molecule has 1 aliphatic heterocycles. The number of aliphatic carboxylic acids is 1. The zero-order chi connectivity index (χ0) is 11.6. The highest BCUT2D eigenvalue weighted by atomic mass is 16.4. The van der Waals surface area contributed by atoms with Crippen molar-refractivity contribution in [2.45, 2.75) is 33.3 Å². The monoisotopic (exact) mass is 215 g/mol. The smallest absolute Gasteiger partial charge is 0.310 e. The van der Waals surface area contributed by atoms with Crippen LogP contribution in [-0.2, 0) is 4.79 Å². The number of likely N-dealkylation sites (tertiary alicyclic amines) is 1. The summed E-state index contributed by atoms with van der Waals surface area (Å²) in [4.78, 5) is 13.1. The Labute approximate surface area is 90.9 Å². The zero-order valence-corrected chi connectivity index (χ0v) is 9.73. The van der Waals surface area contributed by atoms with Gasteiger partial charge in [0, 0.05) is 13.1 Å². The van der Waals surface area contributed by atoms with Crippen LogP contribution in [0.2, 0.25) is 0 Å². The fraction of sp³-hybridized carbons (Fsp3) is 0.909. The Bertz CT molecular complexity index is 238. The zero-order valence-electron chi connectivity index (χ0n) is 9.73. The molecule has 1 saturated heterocycles. The molecule has 0 spiro atoms. The molecular formula is C11H21NO3. The first-order chi connectivity index (χ1) is 6.83. The molecule has 0 aromatic heterocycles. The van der Waals surface area contributed by atoms with Crippen LogP contribution in [0.25, 0.3) is 0 Å². The number of rotatable bonds is 4. The van der Waals surface area contributed by atoms with Gasteiger partial charge in [-0.3, -0.25) is 4.79 Å². The van der Waals surface area contributed by atoms with Gasteiger partial charge in [0.15, 0.2) is 0 Å². The number of hydrogen-bond acceptors (Lipinski definition) is 3. The van der Waals surface area contributed by atoms with Crippen LogP contribution in [0.3, 0.4) is 0 Å². The van der Waals surface area contributed by atoms with Crippen LogP contribution in [-0.4, -0.2) is 46.8 Å². The molecule has 88 valence electrons. The summed E-state index contributed by atoms with van der Waals surface area (Å²) in [5.74, 6) is -0.461. The normalized spacial score (nSPS) is 25.5. The van der Waals surface area contributed by atoms with E-state index in [1.54, 1.807) is 20.8 Å². The van der Waals surface area contributed by atoms with Gasteiger partial charge in [-0.25, -0.2) is 0 Å². The molecule has 1 heterocycles. The van der Waals surface area contributed by atoms with Gasteiger partial charge in [-0.15, -0.1) is 0 Å². The van der Waals surface area contributed by atoms with Gasteiger partial charge >= 0.3 is 5.97 Å². The highest BCUT2D eigenvalue weighted by molar-refractivity contribution is 5.73. The Morgan fingerprint density at radius 3 is 2.60 bits per heavy atom. The SMILES string of the molecule is CC(O)C1CCN(CC(C)(C)C(=O)O)C1. The van der Waals surface area contributed by atoms with Crippen molar-refractivity contribution in [2.75, 3.05) is 19.6 Å². The van der Waals surface area contributed by atoms with Crippen molar-refractivity contribution in [2.24, 2.45) is 11.3 Å². The van der Waals surface area contributed by atoms with Gasteiger partial charge in [-0.2, -0.15) is 0 Å². The predicted molar refractivity (Wildman–Crippen MR) is 57.6 cm³/mol. The summed E-state index contributed by atoms with van der Waals surface area (Å²) < 4.78 is 0. The van der Waals surface area contributed by atoms with E-state index in [9.17, 15) is 9.90 Å². The largest absolute Gasteiger partial charge is 0.481 e. The van der Waals surface area contributed by atoms with Gasteiger partial charge in [0.25, 0.3) is 0 Å². The maximum atomic E-state index is 10.9. The number of nitrogens with zero attached hydrogens (tertiary/aromatic N) is 1. The van der Waals surface area contributed by atoms with E-state index in [1.807, 2.05) is 0 Å². The number of aliphatic hydroxyl groups is 1. The Morgan fingerprint density at radius 1 is 1.60 bits per heavy atom. The van der Waals surface area contributed by atoms with Crippen LogP contribution in [0.5, 0.6) is 0 Å². The van der Waals surface area contributed by atoms with Gasteiger partial charge in [-0.05, 0) is 39.7 Å². The van der Waals surface area contributed by atoms with Crippen molar-refractivity contribution in [3.05, 3.63) is 0 Å². The lowest BCUT2D eigenvalue weighted by Crippen LogP contribution is -2.38. The third-order valence-electron chi connectivity index (χ3n) is 3.19. The highest BCUT2D eigenvalue weighted by Crippen LogP contribution is 2.24. The minimum atomic E-state index is -0.761. The predicted octanol–water partition coefficient (Wildman–Crippen LogP) is 0.800. The molecule has 1 fully saturated rings. The van der Waals surface area contributed by atoms with E-state index in [0.29, 0.717) is 12.5 Å². The number of aliphatic hydroxyl groups excluding tert-OH is 1. The van der Waals surface area contributed by atoms with Crippen molar-refractivity contribution >= 4 is 5.97 Å². The number of carboxylic acid groups (broad SMARTS) is 1. The topological polar surface area (TPSA) is 60.8 Å². The second kappa shape index (κ2) is 4.49. The first-order valence-electron chi connectivity index (χ1n) is 5.47. The number of carboxylic acids is 1. The summed E-state index contributed by atoms with van der Waals surface area (Å²) in [6, 6.07) is 0. The summed E-state index contributed by atoms with van der Waals surface area (Å²) in [7, 11) is 0. The fourth-order valence-corrected chi connectivity index (χ4v) is 2.03. The van der Waals surface area contributed by atoms with E-state index < -0.39 is 11.4 Å². The van der Waals surface area contributed by atoms with E-state index in [0.717, 1.165) is 19.5 Å². The third-order valence-corrected chi connectivity index (χ3v) is 3.19. The Morgan fingerprint density at radius 2 is 2.20 bits per heavy atom. The quantitative estimate of drug-likeness (QED) is 0.728. The first kappa shape index (κ1) is 12.5. The molecule has 0 bridgehead atoms. The molecule has 0 radical (unpaired) electrons. The highest BCUT2D eigenvalue weighted by Gasteiger charge is 2.34. The van der Waals surface area contributed by atoms with Gasteiger partial charge in [0.05, 0.1) is 11.5 Å². The average molecular weight is 215 g/mol. The second-order valence-electron chi connectivity index (χ2n) is 5.21. The Balaban J connectivity index is 2.46. The molecule has 0 saturated carbocycles. The van der Waals surface area contributed by atoms with E-state index in [2.05, 4.69) is 4.90 Å². The van der Waals surface area contributed by atoms with Gasteiger partial charge < -0.3 is 15.1 Å². The molecule has 15 heavy (non-hydrogen) atoms. The molecule has 1 aliphatic rings. The summed E-state index contributed by atoms with van der Waals surface area (Å²) in [6.45, 7) is 7.55. The maximum Gasteiger partial charge on any atom is 0.310 e. The summed E-state index contributed by atoms with van der Waals surface area (Å²) >= 11 is 0. The molecule has 4 heteroatoms. The molecule has 2 unspecified atom stereocenters. The van der Waals surface area contributed by atoms with Crippen LogP contribution >= 0.6 is 0 Å². The van der Waals surface area contributed by atoms with E-state index in [1.165, 1.54) is 0 Å². The standard InChI is InChI=1S/C11H21NO3/c1-8(13)9-4-5-12(6-9)7-11(2,3)10(14)15/h8-9,13H,4-7H2,1-3H3,(H,14,15). The Kier molecular flexibility index (Phi) is 3.73. The summed E-state index contributed by atoms with van der Waals surface area (Å²) in [5, 5.41) is 18.4. The third kappa shape index (κ3) is 3.18. The van der Waals surface area contributed by atoms with Crippen molar-refractivity contribution in [3.8, 4) is 0 Å². The van der Waals surface area contributed by atoms with Gasteiger partial charge in [0.1, 0.15) is 0 Å². The number of carbonyl (C=O) groups is 1. The average Bonchev–Trinajstić information content (AvgIpc) is 2.51. The molecule has 1 rings (SSSR count). The second-order valence-corrected chi connectivity index (χ2v) is 5.21. The lowest BCUT2D eigenvalue weighted by atomic mass is 9.93. The lowest BCUT2D eigenvalue weighted by Gasteiger charge is -2.26. The van der Waals surface area contributed by atoms with Crippen molar-refractivity contribution < 1.29 is 15.0 Å². The van der Waals surface area contributed by atoms with Crippen LogP contribution in [0, 0.1) is 11.3 Å². The van der Waals surface area contributed by atoms with Crippen molar-refractivity contribution in [1.29, 1.82) is 0 Å². The molecular weight excluding hydrogens is 194 g/mol. The molecule has 0 aromatic rings. The van der Waals surface area contributed by atoms with Crippen LogP contribution in [0.4, 0.5) is 0 Å². The lowest BCUT2D eigenvalue weighted by molar-refractivity contribution is -0.147. The molecule has 0 aromatic carbocycles. The van der Waals surface area contributed by atoms with E-state index in [4.69, 9.17) is 5.11 Å². The molecule has 4 nitrogen and oxygen atoms in total. The van der Waals surface area contributed by atoms with Gasteiger partial charge in [0.2, 0.25) is 0 Å². The summed E-state index contributed by atoms with van der Waals surface area (Å²) in [5.41, 5.74) is -0.701. The van der Waals surface area contributed by atoms with Crippen LogP contribution in [0.1, 0.15) is 27.2 Å². The Hall–Kier alpha value is -0.610. The maximum absolute atomic E-state index is 10.9. The minimum absolute atomic E-state index is 0.289. The number of hydrogen-bond donors (Lipinski definition) is 2. The molecule has 2 N–H and O–H groups in total. The van der Waals surface area contributed by atoms with Crippen LogP contribution in [0.15, 0.2) is 0 Å². The first-order valence-corrected chi connectivity index (χ1v) is 5.47. The molecule has 0 amide bonds. The van der Waals surface area contributed by atoms with Crippen molar-refractivity contribution in [3.63, 3.8) is 0 Å².